The van der Waals surface area contributed by atoms with Crippen molar-refractivity contribution in [1.29, 1.82) is 0 Å². The molecule has 0 spiro atoms. The fourth-order valence-electron chi connectivity index (χ4n) is 1.49. The van der Waals surface area contributed by atoms with Crippen LogP contribution in [0.2, 0.25) is 0 Å². The van der Waals surface area contributed by atoms with Crippen LogP contribution in [0.15, 0.2) is 22.7 Å². The molecule has 0 atom stereocenters. The predicted octanol–water partition coefficient (Wildman–Crippen LogP) is 2.72. The van der Waals surface area contributed by atoms with Crippen molar-refractivity contribution < 1.29 is 18.7 Å². The summed E-state index contributed by atoms with van der Waals surface area (Å²) in [5.41, 5.74) is -0.0129. The van der Waals surface area contributed by atoms with E-state index in [9.17, 15) is 9.18 Å². The Kier molecular flexibility index (Phi) is 6.97. The zero-order valence-electron chi connectivity index (χ0n) is 10.9. The van der Waals surface area contributed by atoms with Gasteiger partial charge in [-0.05, 0) is 41.9 Å². The van der Waals surface area contributed by atoms with Crippen molar-refractivity contribution in [3.8, 4) is 0 Å². The molecular weight excluding hydrogens is 317 g/mol. The summed E-state index contributed by atoms with van der Waals surface area (Å²) in [6.45, 7) is 4.80. The Morgan fingerprint density at radius 3 is 2.58 bits per heavy atom. The molecule has 106 valence electrons. The van der Waals surface area contributed by atoms with Crippen molar-refractivity contribution in [3.05, 3.63) is 34.1 Å². The summed E-state index contributed by atoms with van der Waals surface area (Å²) in [4.78, 5) is 11.8. The van der Waals surface area contributed by atoms with Crippen LogP contribution in [-0.2, 0) is 9.47 Å². The Labute approximate surface area is 120 Å². The van der Waals surface area contributed by atoms with E-state index in [1.165, 1.54) is 12.1 Å². The minimum Gasteiger partial charge on any atom is -0.351 e. The zero-order chi connectivity index (χ0) is 14.3. The first kappa shape index (κ1) is 16.1. The normalized spacial score (nSPS) is 10.8. The van der Waals surface area contributed by atoms with E-state index >= 15 is 0 Å². The highest BCUT2D eigenvalue weighted by molar-refractivity contribution is 9.10. The molecule has 1 aromatic carbocycles. The van der Waals surface area contributed by atoms with Crippen LogP contribution in [0.5, 0.6) is 0 Å². The number of hydrogen-bond acceptors (Lipinski definition) is 3. The van der Waals surface area contributed by atoms with Crippen molar-refractivity contribution in [2.75, 3.05) is 19.8 Å². The number of nitrogens with one attached hydrogen (secondary N) is 1. The summed E-state index contributed by atoms with van der Waals surface area (Å²) in [6, 6.07) is 4.56. The maximum absolute atomic E-state index is 13.7. The number of ether oxygens (including phenoxy) is 2. The van der Waals surface area contributed by atoms with Crippen molar-refractivity contribution in [2.45, 2.75) is 20.1 Å². The summed E-state index contributed by atoms with van der Waals surface area (Å²) in [7, 11) is 0. The lowest BCUT2D eigenvalue weighted by molar-refractivity contribution is -0.131. The molecule has 0 aliphatic heterocycles. The number of rotatable bonds is 7. The molecule has 1 amide bonds. The lowest BCUT2D eigenvalue weighted by atomic mass is 10.2. The molecule has 0 radical (unpaired) electrons. The van der Waals surface area contributed by atoms with Gasteiger partial charge in [-0.2, -0.15) is 0 Å². The maximum Gasteiger partial charge on any atom is 0.254 e. The second-order valence-corrected chi connectivity index (χ2v) is 4.51. The van der Waals surface area contributed by atoms with Gasteiger partial charge in [-0.25, -0.2) is 4.39 Å². The monoisotopic (exact) mass is 333 g/mol. The first-order valence-corrected chi connectivity index (χ1v) is 6.84. The molecule has 0 aliphatic carbocycles. The molecule has 0 saturated carbocycles. The Hall–Kier alpha value is -0.980. The third-order valence-corrected chi connectivity index (χ3v) is 2.94. The topological polar surface area (TPSA) is 47.6 Å². The van der Waals surface area contributed by atoms with Crippen LogP contribution >= 0.6 is 15.9 Å². The van der Waals surface area contributed by atoms with Gasteiger partial charge in [-0.3, -0.25) is 4.79 Å². The van der Waals surface area contributed by atoms with Crippen LogP contribution in [0.1, 0.15) is 24.2 Å². The second kappa shape index (κ2) is 8.24. The summed E-state index contributed by atoms with van der Waals surface area (Å²) in [6.07, 6.45) is -0.519. The summed E-state index contributed by atoms with van der Waals surface area (Å²) >= 11 is 3.04. The molecule has 1 rings (SSSR count). The molecule has 0 aromatic heterocycles. The average molecular weight is 334 g/mol. The number of amides is 1. The molecule has 1 aromatic rings. The number of halogens is 2. The van der Waals surface area contributed by atoms with Gasteiger partial charge in [0.15, 0.2) is 6.29 Å². The third kappa shape index (κ3) is 4.89. The molecule has 0 bridgehead atoms. The fraction of sp³-hybridized carbons (Fsp3) is 0.462. The second-order valence-electron chi connectivity index (χ2n) is 3.65. The smallest absolute Gasteiger partial charge is 0.254 e. The van der Waals surface area contributed by atoms with E-state index in [0.29, 0.717) is 13.2 Å². The SMILES string of the molecule is CCOC(CNC(=O)c1cccc(Br)c1F)OCC. The molecule has 0 heterocycles. The number of carbonyl (C=O) groups excluding carboxylic acids is 1. The summed E-state index contributed by atoms with van der Waals surface area (Å²) < 4.78 is 24.5. The van der Waals surface area contributed by atoms with Gasteiger partial charge < -0.3 is 14.8 Å². The van der Waals surface area contributed by atoms with Gasteiger partial charge in [-0.15, -0.1) is 0 Å². The van der Waals surface area contributed by atoms with Gasteiger partial charge in [-0.1, -0.05) is 6.07 Å². The van der Waals surface area contributed by atoms with E-state index in [1.54, 1.807) is 6.07 Å². The van der Waals surface area contributed by atoms with Crippen LogP contribution < -0.4 is 5.32 Å². The van der Waals surface area contributed by atoms with Crippen LogP contribution in [0.3, 0.4) is 0 Å². The molecule has 19 heavy (non-hydrogen) atoms. The molecule has 0 saturated heterocycles. The van der Waals surface area contributed by atoms with Gasteiger partial charge in [0.05, 0.1) is 16.6 Å². The molecule has 0 aliphatic rings. The highest BCUT2D eigenvalue weighted by Crippen LogP contribution is 2.18. The first-order chi connectivity index (χ1) is 9.10. The lowest BCUT2D eigenvalue weighted by Crippen LogP contribution is -2.35. The number of benzene rings is 1. The van der Waals surface area contributed by atoms with Gasteiger partial charge in [0, 0.05) is 13.2 Å². The van der Waals surface area contributed by atoms with Gasteiger partial charge in [0.25, 0.3) is 5.91 Å². The predicted molar refractivity (Wildman–Crippen MR) is 73.5 cm³/mol. The van der Waals surface area contributed by atoms with E-state index in [2.05, 4.69) is 21.2 Å². The van der Waals surface area contributed by atoms with Crippen molar-refractivity contribution in [1.82, 2.24) is 5.32 Å². The van der Waals surface area contributed by atoms with E-state index < -0.39 is 18.0 Å². The van der Waals surface area contributed by atoms with Crippen LogP contribution in [-0.4, -0.2) is 32.0 Å². The van der Waals surface area contributed by atoms with Crippen molar-refractivity contribution in [2.24, 2.45) is 0 Å². The molecule has 1 N–H and O–H groups in total. The molecule has 0 fully saturated rings. The summed E-state index contributed by atoms with van der Waals surface area (Å²) in [5, 5.41) is 2.59. The van der Waals surface area contributed by atoms with Gasteiger partial charge >= 0.3 is 0 Å². The molecule has 6 heteroatoms. The quantitative estimate of drug-likeness (QED) is 0.780. The van der Waals surface area contributed by atoms with Crippen LogP contribution in [0.4, 0.5) is 4.39 Å². The Bertz CT molecular complexity index is 422. The lowest BCUT2D eigenvalue weighted by Gasteiger charge is -2.17. The molecule has 0 unspecified atom stereocenters. The standard InChI is InChI=1S/C13H17BrFNO3/c1-3-18-11(19-4-2)8-16-13(17)9-6-5-7-10(14)12(9)15/h5-7,11H,3-4,8H2,1-2H3,(H,16,17). The average Bonchev–Trinajstić information content (AvgIpc) is 2.39. The van der Waals surface area contributed by atoms with E-state index in [4.69, 9.17) is 9.47 Å². The van der Waals surface area contributed by atoms with Gasteiger partial charge in [0.2, 0.25) is 0 Å². The molecule has 4 nitrogen and oxygen atoms in total. The van der Waals surface area contributed by atoms with Gasteiger partial charge in [0.1, 0.15) is 5.82 Å². The van der Waals surface area contributed by atoms with Crippen LogP contribution in [0.25, 0.3) is 0 Å². The van der Waals surface area contributed by atoms with Crippen molar-refractivity contribution >= 4 is 21.8 Å². The van der Waals surface area contributed by atoms with Crippen molar-refractivity contribution in [3.63, 3.8) is 0 Å². The number of carbonyl (C=O) groups is 1. The maximum atomic E-state index is 13.7. The Morgan fingerprint density at radius 2 is 2.00 bits per heavy atom. The highest BCUT2D eigenvalue weighted by atomic mass is 79.9. The molecular formula is C13H17BrFNO3. The summed E-state index contributed by atoms with van der Waals surface area (Å²) in [5.74, 6) is -1.08. The zero-order valence-corrected chi connectivity index (χ0v) is 12.5. The highest BCUT2D eigenvalue weighted by Gasteiger charge is 2.15. The minimum absolute atomic E-state index is 0.0129. The Morgan fingerprint density at radius 1 is 1.37 bits per heavy atom. The number of hydrogen-bond donors (Lipinski definition) is 1. The third-order valence-electron chi connectivity index (χ3n) is 2.33. The van der Waals surface area contributed by atoms with E-state index in [1.807, 2.05) is 13.8 Å². The minimum atomic E-state index is -0.579. The van der Waals surface area contributed by atoms with Crippen LogP contribution in [0, 0.1) is 5.82 Å². The largest absolute Gasteiger partial charge is 0.351 e. The fourth-order valence-corrected chi connectivity index (χ4v) is 1.85. The Balaban J connectivity index is 2.61. The first-order valence-electron chi connectivity index (χ1n) is 6.05. The van der Waals surface area contributed by atoms with E-state index in [0.717, 1.165) is 0 Å². The van der Waals surface area contributed by atoms with E-state index in [-0.39, 0.29) is 16.6 Å².